The third kappa shape index (κ3) is 5.91. The number of hydrogen-bond donors (Lipinski definition) is 2. The molecule has 2 N–H and O–H groups in total. The highest BCUT2D eigenvalue weighted by Crippen LogP contribution is 2.33. The molecule has 0 radical (unpaired) electrons. The fourth-order valence-corrected chi connectivity index (χ4v) is 4.91. The summed E-state index contributed by atoms with van der Waals surface area (Å²) in [5.41, 5.74) is 3.27. The van der Waals surface area contributed by atoms with E-state index in [1.807, 2.05) is 37.5 Å². The predicted octanol–water partition coefficient (Wildman–Crippen LogP) is 5.55. The largest absolute Gasteiger partial charge is 0.342 e. The van der Waals surface area contributed by atoms with Crippen molar-refractivity contribution < 1.29 is 0 Å². The quantitative estimate of drug-likeness (QED) is 0.622. The minimum atomic E-state index is 0.0371. The van der Waals surface area contributed by atoms with Crippen LogP contribution in [0.2, 0.25) is 5.02 Å². The molecule has 2 heterocycles. The molecule has 0 atom stereocenters. The molecular formula is C23H31ClN4S. The number of pyridine rings is 1. The van der Waals surface area contributed by atoms with Crippen molar-refractivity contribution in [1.29, 1.82) is 0 Å². The molecule has 1 saturated heterocycles. The Morgan fingerprint density at radius 2 is 1.79 bits per heavy atom. The van der Waals surface area contributed by atoms with Gasteiger partial charge in [0.15, 0.2) is 5.11 Å². The Morgan fingerprint density at radius 1 is 1.17 bits per heavy atom. The van der Waals surface area contributed by atoms with Gasteiger partial charge in [0.1, 0.15) is 0 Å². The molecule has 156 valence electrons. The van der Waals surface area contributed by atoms with Crippen LogP contribution in [0.15, 0.2) is 42.7 Å². The van der Waals surface area contributed by atoms with E-state index >= 15 is 0 Å². The van der Waals surface area contributed by atoms with Gasteiger partial charge in [0.25, 0.3) is 0 Å². The number of piperidine rings is 1. The van der Waals surface area contributed by atoms with E-state index in [0.29, 0.717) is 6.04 Å². The average molecular weight is 431 g/mol. The van der Waals surface area contributed by atoms with E-state index in [-0.39, 0.29) is 11.1 Å². The Kier molecular flexibility index (Phi) is 6.51. The molecule has 0 saturated carbocycles. The second-order valence-corrected chi connectivity index (χ2v) is 10.1. The zero-order valence-electron chi connectivity index (χ0n) is 17.9. The van der Waals surface area contributed by atoms with Crippen molar-refractivity contribution in [3.63, 3.8) is 0 Å². The predicted molar refractivity (Wildman–Crippen MR) is 127 cm³/mol. The van der Waals surface area contributed by atoms with Crippen LogP contribution in [0.3, 0.4) is 0 Å². The van der Waals surface area contributed by atoms with E-state index in [1.165, 1.54) is 5.56 Å². The van der Waals surface area contributed by atoms with Gasteiger partial charge in [-0.25, -0.2) is 0 Å². The third-order valence-electron chi connectivity index (χ3n) is 5.38. The summed E-state index contributed by atoms with van der Waals surface area (Å²) in [6.07, 6.45) is 5.71. The number of benzene rings is 1. The highest BCUT2D eigenvalue weighted by Gasteiger charge is 2.40. The Labute approximate surface area is 185 Å². The minimum Gasteiger partial charge on any atom is -0.342 e. The highest BCUT2D eigenvalue weighted by molar-refractivity contribution is 7.80. The first kappa shape index (κ1) is 22.0. The van der Waals surface area contributed by atoms with Gasteiger partial charge in [-0.3, -0.25) is 4.98 Å². The summed E-state index contributed by atoms with van der Waals surface area (Å²) in [4.78, 5) is 6.48. The Morgan fingerprint density at radius 3 is 2.38 bits per heavy atom. The van der Waals surface area contributed by atoms with E-state index in [2.05, 4.69) is 60.3 Å². The van der Waals surface area contributed by atoms with E-state index in [0.717, 1.165) is 40.8 Å². The van der Waals surface area contributed by atoms with E-state index in [9.17, 15) is 0 Å². The molecule has 0 aliphatic carbocycles. The standard InChI is InChI=1S/C23H31ClN4S/c1-16-12-18(6-7-20(16)24)26-21(29)28(15-17-8-10-25-11-9-17)19-13-22(2,3)27-23(4,5)14-19/h6-12,19,27H,13-15H2,1-5H3,(H,26,29). The topological polar surface area (TPSA) is 40.2 Å². The second kappa shape index (κ2) is 8.58. The van der Waals surface area contributed by atoms with Gasteiger partial charge >= 0.3 is 0 Å². The lowest BCUT2D eigenvalue weighted by molar-refractivity contribution is 0.101. The second-order valence-electron chi connectivity index (χ2n) is 9.33. The van der Waals surface area contributed by atoms with E-state index in [1.54, 1.807) is 0 Å². The highest BCUT2D eigenvalue weighted by atomic mass is 35.5. The summed E-state index contributed by atoms with van der Waals surface area (Å²) in [5.74, 6) is 0. The zero-order valence-corrected chi connectivity index (χ0v) is 19.5. The number of halogens is 1. The normalized spacial score (nSPS) is 18.3. The van der Waals surface area contributed by atoms with Crippen LogP contribution in [0.4, 0.5) is 5.69 Å². The lowest BCUT2D eigenvalue weighted by atomic mass is 9.79. The molecule has 1 aromatic heterocycles. The first-order chi connectivity index (χ1) is 13.5. The molecule has 0 amide bonds. The lowest BCUT2D eigenvalue weighted by Gasteiger charge is -2.50. The Balaban J connectivity index is 1.87. The van der Waals surface area contributed by atoms with Crippen LogP contribution >= 0.6 is 23.8 Å². The molecule has 3 rings (SSSR count). The number of hydrogen-bond acceptors (Lipinski definition) is 3. The molecule has 6 heteroatoms. The van der Waals surface area contributed by atoms with Crippen LogP contribution in [0.1, 0.15) is 51.7 Å². The molecule has 2 aromatic rings. The summed E-state index contributed by atoms with van der Waals surface area (Å²) in [6.45, 7) is 11.8. The van der Waals surface area contributed by atoms with Gasteiger partial charge in [0.2, 0.25) is 0 Å². The van der Waals surface area contributed by atoms with Crippen molar-refractivity contribution in [2.24, 2.45) is 0 Å². The molecule has 0 unspecified atom stereocenters. The maximum atomic E-state index is 6.19. The first-order valence-electron chi connectivity index (χ1n) is 10.1. The van der Waals surface area contributed by atoms with Gasteiger partial charge in [-0.05, 0) is 101 Å². The SMILES string of the molecule is Cc1cc(NC(=S)N(Cc2ccncc2)C2CC(C)(C)NC(C)(C)C2)ccc1Cl. The van der Waals surface area contributed by atoms with Crippen molar-refractivity contribution >= 4 is 34.6 Å². The van der Waals surface area contributed by atoms with Gasteiger partial charge in [-0.2, -0.15) is 0 Å². The molecule has 1 fully saturated rings. The van der Waals surface area contributed by atoms with Crippen LogP contribution in [0, 0.1) is 6.92 Å². The fraction of sp³-hybridized carbons (Fsp3) is 0.478. The molecular weight excluding hydrogens is 400 g/mol. The van der Waals surface area contributed by atoms with Gasteiger partial charge in [0, 0.05) is 46.8 Å². The number of aryl methyl sites for hydroxylation is 1. The van der Waals surface area contributed by atoms with Crippen LogP contribution in [0.5, 0.6) is 0 Å². The van der Waals surface area contributed by atoms with Gasteiger partial charge in [-0.1, -0.05) is 11.6 Å². The van der Waals surface area contributed by atoms with E-state index < -0.39 is 0 Å². The first-order valence-corrected chi connectivity index (χ1v) is 10.9. The fourth-order valence-electron chi connectivity index (χ4n) is 4.46. The van der Waals surface area contributed by atoms with Gasteiger partial charge in [0.05, 0.1) is 0 Å². The number of anilines is 1. The number of rotatable bonds is 4. The molecule has 1 aliphatic heterocycles. The van der Waals surface area contributed by atoms with Crippen molar-refractivity contribution in [3.8, 4) is 0 Å². The number of nitrogens with one attached hydrogen (secondary N) is 2. The van der Waals surface area contributed by atoms with Crippen LogP contribution in [0.25, 0.3) is 0 Å². The van der Waals surface area contributed by atoms with Crippen molar-refractivity contribution in [1.82, 2.24) is 15.2 Å². The Bertz CT molecular complexity index is 850. The summed E-state index contributed by atoms with van der Waals surface area (Å²) in [5, 5.41) is 8.71. The maximum absolute atomic E-state index is 6.19. The molecule has 0 spiro atoms. The van der Waals surface area contributed by atoms with Crippen molar-refractivity contribution in [3.05, 3.63) is 58.9 Å². The molecule has 0 bridgehead atoms. The Hall–Kier alpha value is -1.69. The number of nitrogens with zero attached hydrogens (tertiary/aromatic N) is 2. The average Bonchev–Trinajstić information content (AvgIpc) is 2.61. The monoisotopic (exact) mass is 430 g/mol. The smallest absolute Gasteiger partial charge is 0.173 e. The number of aromatic nitrogens is 1. The maximum Gasteiger partial charge on any atom is 0.173 e. The molecule has 1 aliphatic rings. The van der Waals surface area contributed by atoms with Crippen LogP contribution in [-0.2, 0) is 6.54 Å². The van der Waals surface area contributed by atoms with Gasteiger partial charge < -0.3 is 15.5 Å². The molecule has 1 aromatic carbocycles. The minimum absolute atomic E-state index is 0.0371. The summed E-state index contributed by atoms with van der Waals surface area (Å²) in [7, 11) is 0. The van der Waals surface area contributed by atoms with E-state index in [4.69, 9.17) is 23.8 Å². The number of thiocarbonyl (C=S) groups is 1. The summed E-state index contributed by atoms with van der Waals surface area (Å²) in [6, 6.07) is 10.4. The van der Waals surface area contributed by atoms with Crippen molar-refractivity contribution in [2.45, 2.75) is 71.1 Å². The summed E-state index contributed by atoms with van der Waals surface area (Å²) >= 11 is 12.1. The van der Waals surface area contributed by atoms with Gasteiger partial charge in [-0.15, -0.1) is 0 Å². The molecule has 4 nitrogen and oxygen atoms in total. The summed E-state index contributed by atoms with van der Waals surface area (Å²) < 4.78 is 0. The third-order valence-corrected chi connectivity index (χ3v) is 6.14. The van der Waals surface area contributed by atoms with Crippen LogP contribution in [-0.4, -0.2) is 32.1 Å². The zero-order chi connectivity index (χ0) is 21.2. The lowest BCUT2D eigenvalue weighted by Crippen LogP contribution is -2.63. The molecule has 29 heavy (non-hydrogen) atoms. The van der Waals surface area contributed by atoms with Crippen molar-refractivity contribution in [2.75, 3.05) is 5.32 Å². The van der Waals surface area contributed by atoms with Crippen LogP contribution < -0.4 is 10.6 Å².